The molecule has 2 atom stereocenters. The monoisotopic (exact) mass is 523 g/mol. The van der Waals surface area contributed by atoms with Crippen LogP contribution in [0.1, 0.15) is 84.3 Å². The number of ether oxygens (including phenoxy) is 2. The highest BCUT2D eigenvalue weighted by Crippen LogP contribution is 2.40. The van der Waals surface area contributed by atoms with Crippen molar-refractivity contribution in [3.8, 4) is 11.3 Å². The summed E-state index contributed by atoms with van der Waals surface area (Å²) in [6.07, 6.45) is 5.49. The first kappa shape index (κ1) is 27.2. The largest absolute Gasteiger partial charge is 0.495 e. The van der Waals surface area contributed by atoms with Gasteiger partial charge < -0.3 is 23.8 Å². The summed E-state index contributed by atoms with van der Waals surface area (Å²) >= 11 is 0. The molecule has 3 heterocycles. The number of hydrogen-bond donors (Lipinski definition) is 1. The van der Waals surface area contributed by atoms with Gasteiger partial charge in [0.25, 0.3) is 0 Å². The molecule has 2 fully saturated rings. The van der Waals surface area contributed by atoms with Crippen LogP contribution in [0.4, 0.5) is 4.79 Å². The average molecular weight is 523 g/mol. The minimum Gasteiger partial charge on any atom is -0.444 e. The minimum absolute atomic E-state index is 0.184. The van der Waals surface area contributed by atoms with Crippen molar-refractivity contribution >= 4 is 18.7 Å². The predicted octanol–water partition coefficient (Wildman–Crippen LogP) is 4.81. The molecule has 38 heavy (non-hydrogen) atoms. The maximum Gasteiger partial charge on any atom is 0.495 e. The van der Waals surface area contributed by atoms with E-state index >= 15 is 0 Å². The van der Waals surface area contributed by atoms with Gasteiger partial charge in [-0.2, -0.15) is 0 Å². The van der Waals surface area contributed by atoms with Crippen molar-refractivity contribution in [1.82, 2.24) is 14.9 Å². The lowest BCUT2D eigenvalue weighted by atomic mass is 9.74. The SMILES string of the molecule is COC[C@H]1C[C@@H](c2ncc(-c3ccc(B4OC(C)(C)C(C)(C)O4)c4c3CCC4)[nH]2)N(C(=O)OC(C)(C)C)C1. The fraction of sp³-hybridized carbons (Fsp3) is 0.655. The van der Waals surface area contributed by atoms with E-state index in [1.165, 1.54) is 11.1 Å². The summed E-state index contributed by atoms with van der Waals surface area (Å²) in [5.41, 5.74) is 4.62. The van der Waals surface area contributed by atoms with Crippen LogP contribution in [0.3, 0.4) is 0 Å². The molecule has 1 amide bonds. The molecule has 2 aromatic rings. The molecule has 2 aliphatic heterocycles. The highest BCUT2D eigenvalue weighted by molar-refractivity contribution is 6.62. The highest BCUT2D eigenvalue weighted by atomic mass is 16.7. The Morgan fingerprint density at radius 3 is 2.50 bits per heavy atom. The number of imidazole rings is 1. The van der Waals surface area contributed by atoms with Gasteiger partial charge in [0.2, 0.25) is 0 Å². The number of H-pyrrole nitrogens is 1. The Morgan fingerprint density at radius 1 is 1.16 bits per heavy atom. The molecular weight excluding hydrogens is 481 g/mol. The Morgan fingerprint density at radius 2 is 1.84 bits per heavy atom. The molecule has 0 saturated carbocycles. The van der Waals surface area contributed by atoms with Gasteiger partial charge >= 0.3 is 13.2 Å². The molecule has 3 aliphatic rings. The van der Waals surface area contributed by atoms with E-state index in [1.807, 2.05) is 27.0 Å². The molecule has 1 N–H and O–H groups in total. The number of hydrogen-bond acceptors (Lipinski definition) is 6. The van der Waals surface area contributed by atoms with Crippen LogP contribution in [-0.4, -0.2) is 65.1 Å². The molecule has 1 aromatic carbocycles. The van der Waals surface area contributed by atoms with E-state index in [9.17, 15) is 4.79 Å². The predicted molar refractivity (Wildman–Crippen MR) is 147 cm³/mol. The van der Waals surface area contributed by atoms with Crippen LogP contribution < -0.4 is 5.46 Å². The maximum atomic E-state index is 13.1. The quantitative estimate of drug-likeness (QED) is 0.567. The minimum atomic E-state index is -0.561. The number of amides is 1. The molecule has 0 unspecified atom stereocenters. The van der Waals surface area contributed by atoms with Crippen LogP contribution >= 0.6 is 0 Å². The lowest BCUT2D eigenvalue weighted by Crippen LogP contribution is -2.41. The van der Waals surface area contributed by atoms with Crippen LogP contribution in [0.15, 0.2) is 18.3 Å². The normalized spacial score (nSPS) is 24.2. The number of fused-ring (bicyclic) bond motifs is 1. The van der Waals surface area contributed by atoms with E-state index in [-0.39, 0.29) is 36.4 Å². The lowest BCUT2D eigenvalue weighted by molar-refractivity contribution is 0.00578. The third-order valence-electron chi connectivity index (χ3n) is 8.45. The van der Waals surface area contributed by atoms with E-state index in [2.05, 4.69) is 44.8 Å². The number of methoxy groups -OCH3 is 1. The smallest absolute Gasteiger partial charge is 0.444 e. The molecule has 206 valence electrons. The zero-order chi connectivity index (χ0) is 27.5. The van der Waals surface area contributed by atoms with Crippen molar-refractivity contribution in [3.63, 3.8) is 0 Å². The Labute approximate surface area is 226 Å². The second-order valence-corrected chi connectivity index (χ2v) is 13.0. The first-order valence-electron chi connectivity index (χ1n) is 13.8. The number of nitrogens with zero attached hydrogens (tertiary/aromatic N) is 2. The second-order valence-electron chi connectivity index (χ2n) is 13.0. The zero-order valence-electron chi connectivity index (χ0n) is 24.1. The standard InChI is InChI=1S/C29H42BN3O5/c1-27(2,3)36-26(34)33-16-18(17-35-8)14-24(33)25-31-15-23(32-25)21-12-13-22(20-11-9-10-19(20)21)30-37-28(4,5)29(6,7)38-30/h12-13,15,18,24H,9-11,14,16-17H2,1-8H3,(H,31,32)/t18-,24-/m0/s1. The average Bonchev–Trinajstić information content (AvgIpc) is 3.58. The fourth-order valence-electron chi connectivity index (χ4n) is 5.88. The molecule has 5 rings (SSSR count). The topological polar surface area (TPSA) is 85.9 Å². The molecule has 1 aliphatic carbocycles. The first-order valence-corrected chi connectivity index (χ1v) is 13.8. The summed E-state index contributed by atoms with van der Waals surface area (Å²) in [5.74, 6) is 1.01. The lowest BCUT2D eigenvalue weighted by Gasteiger charge is -2.32. The molecule has 0 radical (unpaired) electrons. The van der Waals surface area contributed by atoms with E-state index in [0.717, 1.165) is 48.2 Å². The molecule has 2 saturated heterocycles. The summed E-state index contributed by atoms with van der Waals surface area (Å²) < 4.78 is 23.9. The van der Waals surface area contributed by atoms with Crippen LogP contribution in [0.25, 0.3) is 11.3 Å². The Balaban J connectivity index is 1.43. The number of likely N-dealkylation sites (tertiary alicyclic amines) is 1. The van der Waals surface area contributed by atoms with Crippen molar-refractivity contribution in [2.75, 3.05) is 20.3 Å². The number of rotatable bonds is 5. The number of aromatic amines is 1. The van der Waals surface area contributed by atoms with Crippen molar-refractivity contribution in [2.24, 2.45) is 5.92 Å². The summed E-state index contributed by atoms with van der Waals surface area (Å²) in [6.45, 7) is 15.2. The molecule has 0 bridgehead atoms. The maximum absolute atomic E-state index is 13.1. The van der Waals surface area contributed by atoms with E-state index < -0.39 is 5.60 Å². The number of carbonyl (C=O) groups excluding carboxylic acids is 1. The first-order chi connectivity index (χ1) is 17.8. The van der Waals surface area contributed by atoms with Gasteiger partial charge in [0.05, 0.1) is 35.7 Å². The van der Waals surface area contributed by atoms with Crippen molar-refractivity contribution < 1.29 is 23.6 Å². The van der Waals surface area contributed by atoms with E-state index in [1.54, 1.807) is 12.0 Å². The van der Waals surface area contributed by atoms with Crippen LogP contribution in [0.2, 0.25) is 0 Å². The Hall–Kier alpha value is -2.36. The van der Waals surface area contributed by atoms with Crippen molar-refractivity contribution in [2.45, 2.75) is 97.0 Å². The van der Waals surface area contributed by atoms with Crippen molar-refractivity contribution in [1.29, 1.82) is 0 Å². The molecule has 8 nitrogen and oxygen atoms in total. The number of aromatic nitrogens is 2. The molecule has 9 heteroatoms. The van der Waals surface area contributed by atoms with Crippen LogP contribution in [0.5, 0.6) is 0 Å². The van der Waals surface area contributed by atoms with Gasteiger partial charge in [0.1, 0.15) is 11.4 Å². The van der Waals surface area contributed by atoms with Gasteiger partial charge in [-0.15, -0.1) is 0 Å². The third kappa shape index (κ3) is 5.00. The second kappa shape index (κ2) is 9.68. The Bertz CT molecular complexity index is 1190. The molecule has 1 aromatic heterocycles. The van der Waals surface area contributed by atoms with Crippen LogP contribution in [0, 0.1) is 5.92 Å². The highest BCUT2D eigenvalue weighted by Gasteiger charge is 2.52. The van der Waals surface area contributed by atoms with Crippen LogP contribution in [-0.2, 0) is 31.6 Å². The summed E-state index contributed by atoms with van der Waals surface area (Å²) in [7, 11) is 1.33. The van der Waals surface area contributed by atoms with Gasteiger partial charge in [-0.05, 0) is 90.7 Å². The summed E-state index contributed by atoms with van der Waals surface area (Å²) in [5, 5.41) is 0. The van der Waals surface area contributed by atoms with E-state index in [4.69, 9.17) is 23.8 Å². The molecular formula is C29H42BN3O5. The van der Waals surface area contributed by atoms with Crippen molar-refractivity contribution in [3.05, 3.63) is 35.3 Å². The Kier molecular flexibility index (Phi) is 6.94. The number of benzene rings is 1. The number of nitrogens with one attached hydrogen (secondary N) is 1. The summed E-state index contributed by atoms with van der Waals surface area (Å²) in [4.78, 5) is 23.2. The fourth-order valence-corrected chi connectivity index (χ4v) is 5.88. The van der Waals surface area contributed by atoms with E-state index in [0.29, 0.717) is 13.2 Å². The third-order valence-corrected chi connectivity index (χ3v) is 8.45. The zero-order valence-corrected chi connectivity index (χ0v) is 24.1. The van der Waals surface area contributed by atoms with Gasteiger partial charge in [-0.1, -0.05) is 12.1 Å². The summed E-state index contributed by atoms with van der Waals surface area (Å²) in [6, 6.07) is 4.13. The van der Waals surface area contributed by atoms with Gasteiger partial charge in [0, 0.05) is 25.1 Å². The van der Waals surface area contributed by atoms with Gasteiger partial charge in [0.15, 0.2) is 0 Å². The molecule has 0 spiro atoms. The van der Waals surface area contributed by atoms with Gasteiger partial charge in [-0.25, -0.2) is 9.78 Å². The van der Waals surface area contributed by atoms with Gasteiger partial charge in [-0.3, -0.25) is 4.90 Å². The number of carbonyl (C=O) groups is 1.